The van der Waals surface area contributed by atoms with Gasteiger partial charge in [-0.3, -0.25) is 4.79 Å². The lowest BCUT2D eigenvalue weighted by atomic mass is 9.49. The van der Waals surface area contributed by atoms with Gasteiger partial charge < -0.3 is 5.11 Å². The van der Waals surface area contributed by atoms with E-state index < -0.39 is 0 Å². The maximum atomic E-state index is 11.9. The molecule has 3 aliphatic rings. The van der Waals surface area contributed by atoms with Crippen LogP contribution in [0.4, 0.5) is 0 Å². The quantitative estimate of drug-likeness (QED) is 0.810. The van der Waals surface area contributed by atoms with Crippen LogP contribution in [-0.2, 0) is 4.79 Å². The van der Waals surface area contributed by atoms with Crippen LogP contribution in [0, 0.1) is 34.5 Å². The van der Waals surface area contributed by atoms with Gasteiger partial charge in [0, 0.05) is 12.8 Å². The van der Waals surface area contributed by atoms with E-state index in [1.807, 2.05) is 0 Å². The Morgan fingerprint density at radius 1 is 1.09 bits per heavy atom. The van der Waals surface area contributed by atoms with Gasteiger partial charge in [0.1, 0.15) is 5.78 Å². The van der Waals surface area contributed by atoms with Crippen molar-refractivity contribution in [1.29, 1.82) is 0 Å². The van der Waals surface area contributed by atoms with E-state index in [9.17, 15) is 9.90 Å². The molecule has 1 N–H and O–H groups in total. The van der Waals surface area contributed by atoms with Crippen LogP contribution in [0.5, 0.6) is 0 Å². The topological polar surface area (TPSA) is 37.3 Å². The minimum absolute atomic E-state index is 0.0939. The zero-order valence-corrected chi connectivity index (χ0v) is 14.9. The summed E-state index contributed by atoms with van der Waals surface area (Å²) in [4.78, 5) is 11.9. The number of ketones is 1. The molecule has 0 heterocycles. The summed E-state index contributed by atoms with van der Waals surface area (Å²) in [6.45, 7) is 9.51. The first kappa shape index (κ1) is 16.5. The van der Waals surface area contributed by atoms with E-state index in [0.717, 1.165) is 38.0 Å². The average Bonchev–Trinajstić information content (AvgIpc) is 2.78. The van der Waals surface area contributed by atoms with Crippen molar-refractivity contribution in [2.24, 2.45) is 34.5 Å². The summed E-state index contributed by atoms with van der Waals surface area (Å²) >= 11 is 0. The molecule has 2 nitrogen and oxygen atoms in total. The maximum Gasteiger partial charge on any atom is 0.133 e. The van der Waals surface area contributed by atoms with E-state index in [4.69, 9.17) is 0 Å². The van der Waals surface area contributed by atoms with E-state index in [1.165, 1.54) is 19.3 Å². The molecule has 0 aromatic carbocycles. The molecule has 126 valence electrons. The lowest BCUT2D eigenvalue weighted by Crippen LogP contribution is -2.50. The molecule has 3 saturated carbocycles. The third-order valence-corrected chi connectivity index (χ3v) is 8.31. The third kappa shape index (κ3) is 2.28. The Morgan fingerprint density at radius 2 is 1.77 bits per heavy atom. The van der Waals surface area contributed by atoms with Crippen LogP contribution in [0.1, 0.15) is 79.1 Å². The summed E-state index contributed by atoms with van der Waals surface area (Å²) in [6, 6.07) is 0. The molecular weight excluding hydrogens is 272 g/mol. The second kappa shape index (κ2) is 5.61. The molecule has 0 saturated heterocycles. The molecule has 22 heavy (non-hydrogen) atoms. The standard InChI is InChI=1S/C20H34O2/c1-5-14-12-15(21)8-10-19(14,3)17-9-11-20(4)16(13(17)2)6-7-18(20)22/h13-14,16-18,22H,5-12H2,1-4H3/t13-,14-,16-,17-,18-,19-,20-/m0/s1. The number of rotatable bonds is 2. The number of hydrogen-bond donors (Lipinski definition) is 1. The van der Waals surface area contributed by atoms with Crippen LogP contribution in [0.15, 0.2) is 0 Å². The minimum Gasteiger partial charge on any atom is -0.393 e. The van der Waals surface area contributed by atoms with Gasteiger partial charge in [0.2, 0.25) is 0 Å². The minimum atomic E-state index is -0.0939. The number of Topliss-reactive ketones (excluding diaryl/α,β-unsaturated/α-hetero) is 1. The fourth-order valence-corrected chi connectivity index (χ4v) is 6.72. The van der Waals surface area contributed by atoms with E-state index in [2.05, 4.69) is 27.7 Å². The Morgan fingerprint density at radius 3 is 2.45 bits per heavy atom. The molecule has 0 aliphatic heterocycles. The van der Waals surface area contributed by atoms with Gasteiger partial charge in [0.25, 0.3) is 0 Å². The first-order valence-electron chi connectivity index (χ1n) is 9.52. The van der Waals surface area contributed by atoms with Gasteiger partial charge in [0.05, 0.1) is 6.10 Å². The molecule has 0 aromatic heterocycles. The van der Waals surface area contributed by atoms with Gasteiger partial charge in [-0.05, 0) is 66.6 Å². The summed E-state index contributed by atoms with van der Waals surface area (Å²) in [5.74, 6) is 3.14. The van der Waals surface area contributed by atoms with Crippen molar-refractivity contribution in [1.82, 2.24) is 0 Å². The van der Waals surface area contributed by atoms with Crippen molar-refractivity contribution in [2.45, 2.75) is 85.2 Å². The van der Waals surface area contributed by atoms with Gasteiger partial charge in [-0.2, -0.15) is 0 Å². The van der Waals surface area contributed by atoms with Crippen molar-refractivity contribution in [3.63, 3.8) is 0 Å². The van der Waals surface area contributed by atoms with Crippen LogP contribution in [-0.4, -0.2) is 17.0 Å². The predicted molar refractivity (Wildman–Crippen MR) is 89.5 cm³/mol. The van der Waals surface area contributed by atoms with Crippen molar-refractivity contribution in [2.75, 3.05) is 0 Å². The summed E-state index contributed by atoms with van der Waals surface area (Å²) in [6.07, 6.45) is 8.33. The second-order valence-corrected chi connectivity index (χ2v) is 9.06. The second-order valence-electron chi connectivity index (χ2n) is 9.06. The van der Waals surface area contributed by atoms with Gasteiger partial charge in [-0.15, -0.1) is 0 Å². The number of aliphatic hydroxyl groups excluding tert-OH is 1. The van der Waals surface area contributed by atoms with Gasteiger partial charge in [-0.25, -0.2) is 0 Å². The zero-order chi connectivity index (χ0) is 16.1. The summed E-state index contributed by atoms with van der Waals surface area (Å²) in [7, 11) is 0. The third-order valence-electron chi connectivity index (χ3n) is 8.31. The van der Waals surface area contributed by atoms with E-state index in [1.54, 1.807) is 0 Å². The number of hydrogen-bond acceptors (Lipinski definition) is 2. The lowest BCUT2D eigenvalue weighted by molar-refractivity contribution is -0.131. The Balaban J connectivity index is 1.84. The lowest BCUT2D eigenvalue weighted by Gasteiger charge is -2.55. The first-order chi connectivity index (χ1) is 10.3. The zero-order valence-electron chi connectivity index (χ0n) is 14.9. The molecule has 0 bridgehead atoms. The molecule has 2 heteroatoms. The normalized spacial score (nSPS) is 52.6. The van der Waals surface area contributed by atoms with Crippen molar-refractivity contribution in [3.05, 3.63) is 0 Å². The summed E-state index contributed by atoms with van der Waals surface area (Å²) < 4.78 is 0. The Kier molecular flexibility index (Phi) is 4.21. The molecule has 0 radical (unpaired) electrons. The number of carbonyl (C=O) groups excluding carboxylic acids is 1. The molecule has 3 fully saturated rings. The van der Waals surface area contributed by atoms with Gasteiger partial charge in [-0.1, -0.05) is 34.1 Å². The number of carbonyl (C=O) groups is 1. The highest BCUT2D eigenvalue weighted by molar-refractivity contribution is 5.79. The molecule has 0 unspecified atom stereocenters. The molecule has 7 atom stereocenters. The van der Waals surface area contributed by atoms with Gasteiger partial charge >= 0.3 is 0 Å². The van der Waals surface area contributed by atoms with E-state index in [-0.39, 0.29) is 11.5 Å². The van der Waals surface area contributed by atoms with Crippen molar-refractivity contribution < 1.29 is 9.90 Å². The Hall–Kier alpha value is -0.370. The monoisotopic (exact) mass is 306 g/mol. The smallest absolute Gasteiger partial charge is 0.133 e. The predicted octanol–water partition coefficient (Wildman–Crippen LogP) is 4.60. The highest BCUT2D eigenvalue weighted by Crippen LogP contribution is 2.62. The van der Waals surface area contributed by atoms with Crippen LogP contribution < -0.4 is 0 Å². The molecule has 3 aliphatic carbocycles. The molecule has 0 amide bonds. The summed E-state index contributed by atoms with van der Waals surface area (Å²) in [5.41, 5.74) is 0.482. The largest absolute Gasteiger partial charge is 0.393 e. The van der Waals surface area contributed by atoms with Crippen molar-refractivity contribution >= 4 is 5.78 Å². The van der Waals surface area contributed by atoms with Crippen LogP contribution in [0.2, 0.25) is 0 Å². The SMILES string of the molecule is CC[C@H]1CC(=O)CC[C@]1(C)[C@H]1CC[C@]2(C)[C@@H](O)CC[C@H]2[C@@H]1C. The van der Waals surface area contributed by atoms with E-state index in [0.29, 0.717) is 29.0 Å². The Bertz CT molecular complexity index is 445. The van der Waals surface area contributed by atoms with Crippen LogP contribution in [0.3, 0.4) is 0 Å². The van der Waals surface area contributed by atoms with Crippen LogP contribution >= 0.6 is 0 Å². The van der Waals surface area contributed by atoms with Gasteiger partial charge in [0.15, 0.2) is 0 Å². The van der Waals surface area contributed by atoms with E-state index >= 15 is 0 Å². The number of aliphatic hydroxyl groups is 1. The van der Waals surface area contributed by atoms with Crippen LogP contribution in [0.25, 0.3) is 0 Å². The number of fused-ring (bicyclic) bond motifs is 1. The maximum absolute atomic E-state index is 11.9. The fourth-order valence-electron chi connectivity index (χ4n) is 6.72. The molecule has 0 spiro atoms. The molecular formula is C20H34O2. The summed E-state index contributed by atoms with van der Waals surface area (Å²) in [5, 5.41) is 10.5. The van der Waals surface area contributed by atoms with Crippen molar-refractivity contribution in [3.8, 4) is 0 Å². The molecule has 0 aromatic rings. The average molecular weight is 306 g/mol. The molecule has 3 rings (SSSR count). The fraction of sp³-hybridized carbons (Fsp3) is 0.950. The Labute approximate surface area is 136 Å². The highest BCUT2D eigenvalue weighted by atomic mass is 16.3. The first-order valence-corrected chi connectivity index (χ1v) is 9.52. The highest BCUT2D eigenvalue weighted by Gasteiger charge is 2.56.